The molecule has 2 atom stereocenters. The molecule has 1 rings (SSSR count). The van der Waals surface area contributed by atoms with Gasteiger partial charge in [0.2, 0.25) is 0 Å². The van der Waals surface area contributed by atoms with E-state index in [0.717, 1.165) is 5.56 Å². The van der Waals surface area contributed by atoms with E-state index in [4.69, 9.17) is 0 Å². The molecular formula is C10H10Br2O2. The molecule has 0 bridgehead atoms. The number of benzene rings is 1. The molecule has 0 aliphatic carbocycles. The number of alkyl halides is 2. The van der Waals surface area contributed by atoms with Gasteiger partial charge in [-0.3, -0.25) is 4.79 Å². The standard InChI is InChI=1S/C10H10Br2O2/c1-7(11)10(12,9(13)14)8-5-3-2-4-6-8/h2-7H,1H3,(H,13,14). The zero-order valence-electron chi connectivity index (χ0n) is 7.58. The SMILES string of the molecule is CC(Br)C(Br)(C(=O)O)c1ccccc1. The summed E-state index contributed by atoms with van der Waals surface area (Å²) in [4.78, 5) is 11.0. The summed E-state index contributed by atoms with van der Waals surface area (Å²) < 4.78 is -1.06. The Bertz CT molecular complexity index is 324. The molecule has 1 N–H and O–H groups in total. The largest absolute Gasteiger partial charge is 0.480 e. The van der Waals surface area contributed by atoms with Gasteiger partial charge >= 0.3 is 5.97 Å². The van der Waals surface area contributed by atoms with Crippen LogP contribution < -0.4 is 0 Å². The Hall–Kier alpha value is -0.350. The number of rotatable bonds is 3. The van der Waals surface area contributed by atoms with Gasteiger partial charge in [-0.2, -0.15) is 0 Å². The van der Waals surface area contributed by atoms with Gasteiger partial charge < -0.3 is 5.11 Å². The normalized spacial score (nSPS) is 17.1. The summed E-state index contributed by atoms with van der Waals surface area (Å²) in [7, 11) is 0. The van der Waals surface area contributed by atoms with Crippen molar-refractivity contribution in [1.29, 1.82) is 0 Å². The number of hydrogen-bond acceptors (Lipinski definition) is 1. The molecule has 1 aromatic carbocycles. The average molecular weight is 322 g/mol. The lowest BCUT2D eigenvalue weighted by atomic mass is 9.96. The van der Waals surface area contributed by atoms with E-state index in [2.05, 4.69) is 31.9 Å². The second kappa shape index (κ2) is 4.45. The summed E-state index contributed by atoms with van der Waals surface area (Å²) in [6, 6.07) is 9.09. The van der Waals surface area contributed by atoms with Crippen molar-refractivity contribution in [2.24, 2.45) is 0 Å². The first-order chi connectivity index (χ1) is 6.49. The lowest BCUT2D eigenvalue weighted by Gasteiger charge is -2.26. The first-order valence-corrected chi connectivity index (χ1v) is 5.82. The maximum absolute atomic E-state index is 11.2. The van der Waals surface area contributed by atoms with Gasteiger partial charge in [-0.25, -0.2) is 0 Å². The summed E-state index contributed by atoms with van der Waals surface area (Å²) >= 11 is 6.58. The van der Waals surface area contributed by atoms with Gasteiger partial charge in [0.1, 0.15) is 0 Å². The zero-order chi connectivity index (χ0) is 10.8. The van der Waals surface area contributed by atoms with Crippen LogP contribution in [0.4, 0.5) is 0 Å². The van der Waals surface area contributed by atoms with Gasteiger partial charge in [-0.05, 0) is 5.56 Å². The molecule has 0 heterocycles. The highest BCUT2D eigenvalue weighted by Gasteiger charge is 2.41. The maximum atomic E-state index is 11.2. The molecule has 14 heavy (non-hydrogen) atoms. The first kappa shape index (κ1) is 11.7. The molecule has 1 aromatic rings. The molecule has 0 spiro atoms. The summed E-state index contributed by atoms with van der Waals surface area (Å²) in [5.41, 5.74) is 0.733. The smallest absolute Gasteiger partial charge is 0.326 e. The fourth-order valence-corrected chi connectivity index (χ4v) is 1.93. The molecule has 0 radical (unpaired) electrons. The number of halogens is 2. The lowest BCUT2D eigenvalue weighted by molar-refractivity contribution is -0.139. The molecule has 0 aromatic heterocycles. The van der Waals surface area contributed by atoms with E-state index < -0.39 is 10.3 Å². The fourth-order valence-electron chi connectivity index (χ4n) is 1.20. The van der Waals surface area contributed by atoms with Gasteiger partial charge in [-0.15, -0.1) is 0 Å². The minimum atomic E-state index is -1.06. The summed E-state index contributed by atoms with van der Waals surface area (Å²) in [5, 5.41) is 9.18. The van der Waals surface area contributed by atoms with Gasteiger partial charge in [0.05, 0.1) is 0 Å². The molecular weight excluding hydrogens is 312 g/mol. The van der Waals surface area contributed by atoms with Crippen LogP contribution >= 0.6 is 31.9 Å². The van der Waals surface area contributed by atoms with E-state index >= 15 is 0 Å². The van der Waals surface area contributed by atoms with Crippen LogP contribution in [0, 0.1) is 0 Å². The summed E-state index contributed by atoms with van der Waals surface area (Å²) in [6.45, 7) is 1.80. The Kier molecular flexibility index (Phi) is 3.72. The highest BCUT2D eigenvalue weighted by atomic mass is 79.9. The average Bonchev–Trinajstić information content (AvgIpc) is 2.17. The van der Waals surface area contributed by atoms with Gasteiger partial charge in [0.15, 0.2) is 4.32 Å². The highest BCUT2D eigenvalue weighted by molar-refractivity contribution is 9.12. The van der Waals surface area contributed by atoms with E-state index in [0.29, 0.717) is 0 Å². The number of aliphatic carboxylic acids is 1. The Labute approximate surface area is 99.6 Å². The molecule has 2 unspecified atom stereocenters. The lowest BCUT2D eigenvalue weighted by Crippen LogP contribution is -2.36. The van der Waals surface area contributed by atoms with E-state index in [9.17, 15) is 9.90 Å². The van der Waals surface area contributed by atoms with Crippen molar-refractivity contribution in [3.8, 4) is 0 Å². The minimum absolute atomic E-state index is 0.199. The number of carboxylic acids is 1. The molecule has 0 fully saturated rings. The van der Waals surface area contributed by atoms with Crippen molar-refractivity contribution in [2.75, 3.05) is 0 Å². The van der Waals surface area contributed by atoms with Crippen molar-refractivity contribution < 1.29 is 9.90 Å². The van der Waals surface area contributed by atoms with Crippen LogP contribution in [0.1, 0.15) is 12.5 Å². The molecule has 2 nitrogen and oxygen atoms in total. The van der Waals surface area contributed by atoms with Crippen LogP contribution in [-0.2, 0) is 9.12 Å². The second-order valence-electron chi connectivity index (χ2n) is 3.00. The predicted molar refractivity (Wildman–Crippen MR) is 63.1 cm³/mol. The van der Waals surface area contributed by atoms with Crippen molar-refractivity contribution in [3.05, 3.63) is 35.9 Å². The van der Waals surface area contributed by atoms with Gasteiger partial charge in [-0.1, -0.05) is 69.1 Å². The quantitative estimate of drug-likeness (QED) is 0.868. The Morgan fingerprint density at radius 3 is 2.29 bits per heavy atom. The molecule has 0 amide bonds. The predicted octanol–water partition coefficient (Wildman–Crippen LogP) is 3.14. The third kappa shape index (κ3) is 2.01. The number of carboxylic acid groups (broad SMARTS) is 1. The van der Waals surface area contributed by atoms with Crippen LogP contribution in [0.25, 0.3) is 0 Å². The zero-order valence-corrected chi connectivity index (χ0v) is 10.7. The molecule has 0 saturated carbocycles. The van der Waals surface area contributed by atoms with Crippen molar-refractivity contribution in [1.82, 2.24) is 0 Å². The number of hydrogen-bond donors (Lipinski definition) is 1. The first-order valence-electron chi connectivity index (χ1n) is 4.11. The molecule has 0 saturated heterocycles. The Morgan fingerprint density at radius 1 is 1.43 bits per heavy atom. The molecule has 4 heteroatoms. The topological polar surface area (TPSA) is 37.3 Å². The van der Waals surface area contributed by atoms with Crippen LogP contribution in [-0.4, -0.2) is 15.9 Å². The van der Waals surface area contributed by atoms with Crippen molar-refractivity contribution in [3.63, 3.8) is 0 Å². The van der Waals surface area contributed by atoms with E-state index in [1.54, 1.807) is 19.1 Å². The minimum Gasteiger partial charge on any atom is -0.480 e. The van der Waals surface area contributed by atoms with Crippen LogP contribution in [0.15, 0.2) is 30.3 Å². The van der Waals surface area contributed by atoms with E-state index in [-0.39, 0.29) is 4.83 Å². The summed E-state index contributed by atoms with van der Waals surface area (Å²) in [5.74, 6) is -0.895. The third-order valence-corrected chi connectivity index (χ3v) is 4.84. The van der Waals surface area contributed by atoms with Gasteiger partial charge in [0.25, 0.3) is 0 Å². The van der Waals surface area contributed by atoms with Crippen molar-refractivity contribution >= 4 is 37.8 Å². The third-order valence-electron chi connectivity index (χ3n) is 2.05. The number of carbonyl (C=O) groups is 1. The maximum Gasteiger partial charge on any atom is 0.326 e. The molecule has 0 aliphatic rings. The van der Waals surface area contributed by atoms with Crippen LogP contribution in [0.2, 0.25) is 0 Å². The van der Waals surface area contributed by atoms with Crippen molar-refractivity contribution in [2.45, 2.75) is 16.1 Å². The van der Waals surface area contributed by atoms with Crippen LogP contribution in [0.3, 0.4) is 0 Å². The molecule has 0 aliphatic heterocycles. The van der Waals surface area contributed by atoms with E-state index in [1.165, 1.54) is 0 Å². The highest BCUT2D eigenvalue weighted by Crippen LogP contribution is 2.38. The summed E-state index contributed by atoms with van der Waals surface area (Å²) in [6.07, 6.45) is 0. The monoisotopic (exact) mass is 320 g/mol. The van der Waals surface area contributed by atoms with Gasteiger partial charge in [0, 0.05) is 4.83 Å². The molecule has 76 valence electrons. The van der Waals surface area contributed by atoms with Crippen LogP contribution in [0.5, 0.6) is 0 Å². The Balaban J connectivity index is 3.20. The second-order valence-corrected chi connectivity index (χ2v) is 5.62. The van der Waals surface area contributed by atoms with E-state index in [1.807, 2.05) is 18.2 Å². The Morgan fingerprint density at radius 2 is 1.93 bits per heavy atom. The fraction of sp³-hybridized carbons (Fsp3) is 0.300.